The SMILES string of the molecule is COc1ccc(CN2CC[C@]3(C2)Cn2c(nn(C)c(=O)c2=O)CO3)cc1. The molecule has 0 unspecified atom stereocenters. The van der Waals surface area contributed by atoms with Crippen molar-refractivity contribution in [2.75, 3.05) is 20.2 Å². The van der Waals surface area contributed by atoms with Crippen molar-refractivity contribution in [3.63, 3.8) is 0 Å². The number of ether oxygens (including phenoxy) is 2. The quantitative estimate of drug-likeness (QED) is 0.726. The summed E-state index contributed by atoms with van der Waals surface area (Å²) in [5.41, 5.74) is -0.350. The molecule has 8 nitrogen and oxygen atoms in total. The molecule has 4 rings (SSSR count). The number of hydrogen-bond donors (Lipinski definition) is 0. The summed E-state index contributed by atoms with van der Waals surface area (Å²) in [7, 11) is 3.14. The van der Waals surface area contributed by atoms with E-state index in [9.17, 15) is 9.59 Å². The summed E-state index contributed by atoms with van der Waals surface area (Å²) in [6.45, 7) is 3.04. The fourth-order valence-corrected chi connectivity index (χ4v) is 3.76. The third-order valence-corrected chi connectivity index (χ3v) is 5.21. The minimum absolute atomic E-state index is 0.250. The van der Waals surface area contributed by atoms with E-state index < -0.39 is 16.7 Å². The van der Waals surface area contributed by atoms with Gasteiger partial charge in [-0.1, -0.05) is 12.1 Å². The van der Waals surface area contributed by atoms with Gasteiger partial charge in [0.05, 0.1) is 13.7 Å². The van der Waals surface area contributed by atoms with Gasteiger partial charge >= 0.3 is 11.1 Å². The summed E-state index contributed by atoms with van der Waals surface area (Å²) in [6.07, 6.45) is 0.824. The Balaban J connectivity index is 1.50. The number of aromatic nitrogens is 3. The number of aryl methyl sites for hydroxylation is 1. The lowest BCUT2D eigenvalue weighted by molar-refractivity contribution is -0.0858. The van der Waals surface area contributed by atoms with Crippen molar-refractivity contribution in [2.24, 2.45) is 7.05 Å². The molecule has 1 spiro atoms. The molecule has 2 aliphatic rings. The second kappa shape index (κ2) is 6.37. The average molecular weight is 358 g/mol. The van der Waals surface area contributed by atoms with E-state index in [-0.39, 0.29) is 6.61 Å². The number of methoxy groups -OCH3 is 1. The molecular formula is C18H22N4O4. The molecule has 0 radical (unpaired) electrons. The first kappa shape index (κ1) is 17.0. The van der Waals surface area contributed by atoms with Crippen molar-refractivity contribution >= 4 is 0 Å². The van der Waals surface area contributed by atoms with E-state index in [1.165, 1.54) is 17.2 Å². The van der Waals surface area contributed by atoms with Gasteiger partial charge in [0.1, 0.15) is 18.0 Å². The number of nitrogens with zero attached hydrogens (tertiary/aromatic N) is 4. The molecule has 1 saturated heterocycles. The van der Waals surface area contributed by atoms with Gasteiger partial charge in [-0.05, 0) is 24.1 Å². The van der Waals surface area contributed by atoms with Crippen LogP contribution in [0, 0.1) is 0 Å². The lowest BCUT2D eigenvalue weighted by Crippen LogP contribution is -2.52. The lowest BCUT2D eigenvalue weighted by Gasteiger charge is -2.35. The normalized spacial score (nSPS) is 22.5. The Kier molecular flexibility index (Phi) is 4.16. The Morgan fingerprint density at radius 1 is 1.19 bits per heavy atom. The summed E-state index contributed by atoms with van der Waals surface area (Å²) in [4.78, 5) is 26.5. The molecule has 0 saturated carbocycles. The molecule has 0 aliphatic carbocycles. The van der Waals surface area contributed by atoms with Gasteiger partial charge in [-0.15, -0.1) is 0 Å². The van der Waals surface area contributed by atoms with Gasteiger partial charge < -0.3 is 9.47 Å². The fourth-order valence-electron chi connectivity index (χ4n) is 3.76. The van der Waals surface area contributed by atoms with Crippen LogP contribution in [0.2, 0.25) is 0 Å². The molecule has 0 N–H and O–H groups in total. The number of fused-ring (bicyclic) bond motifs is 1. The van der Waals surface area contributed by atoms with Crippen LogP contribution in [0.1, 0.15) is 17.8 Å². The molecule has 0 amide bonds. The highest BCUT2D eigenvalue weighted by Crippen LogP contribution is 2.31. The number of hydrogen-bond acceptors (Lipinski definition) is 6. The molecule has 1 aromatic carbocycles. The number of likely N-dealkylation sites (tertiary alicyclic amines) is 1. The van der Waals surface area contributed by atoms with Crippen molar-refractivity contribution < 1.29 is 9.47 Å². The Morgan fingerprint density at radius 3 is 2.69 bits per heavy atom. The van der Waals surface area contributed by atoms with E-state index in [2.05, 4.69) is 22.1 Å². The van der Waals surface area contributed by atoms with Crippen LogP contribution in [0.25, 0.3) is 0 Å². The summed E-state index contributed by atoms with van der Waals surface area (Å²) in [6, 6.07) is 8.02. The van der Waals surface area contributed by atoms with Crippen LogP contribution >= 0.6 is 0 Å². The standard InChI is InChI=1S/C18H22N4O4/c1-20-16(23)17(24)22-12-18(26-10-15(22)19-20)7-8-21(11-18)9-13-3-5-14(25-2)6-4-13/h3-6H,7-12H2,1-2H3/t18-/m0/s1. The van der Waals surface area contributed by atoms with Crippen LogP contribution in [0.4, 0.5) is 0 Å². The summed E-state index contributed by atoms with van der Waals surface area (Å²) in [5, 5.41) is 4.15. The second-order valence-electron chi connectivity index (χ2n) is 7.02. The van der Waals surface area contributed by atoms with Gasteiger partial charge in [0.2, 0.25) is 0 Å². The molecule has 2 aromatic rings. The van der Waals surface area contributed by atoms with Crippen LogP contribution < -0.4 is 15.9 Å². The zero-order chi connectivity index (χ0) is 18.3. The summed E-state index contributed by atoms with van der Waals surface area (Å²) < 4.78 is 13.9. The van der Waals surface area contributed by atoms with Gasteiger partial charge in [0.25, 0.3) is 0 Å². The highest BCUT2D eigenvalue weighted by Gasteiger charge is 2.43. The van der Waals surface area contributed by atoms with Crippen LogP contribution in [0.5, 0.6) is 5.75 Å². The Morgan fingerprint density at radius 2 is 1.96 bits per heavy atom. The Labute approximate surface area is 150 Å². The highest BCUT2D eigenvalue weighted by atomic mass is 16.5. The van der Waals surface area contributed by atoms with Crippen molar-refractivity contribution in [3.05, 3.63) is 56.4 Å². The minimum Gasteiger partial charge on any atom is -0.497 e. The topological polar surface area (TPSA) is 78.6 Å². The molecule has 1 atom stereocenters. The van der Waals surface area contributed by atoms with Crippen molar-refractivity contribution in [2.45, 2.75) is 31.7 Å². The Bertz CT molecular complexity index is 934. The molecular weight excluding hydrogens is 336 g/mol. The van der Waals surface area contributed by atoms with E-state index in [0.717, 1.165) is 36.5 Å². The van der Waals surface area contributed by atoms with Gasteiger partial charge in [0, 0.05) is 26.7 Å². The van der Waals surface area contributed by atoms with Crippen molar-refractivity contribution in [1.82, 2.24) is 19.2 Å². The monoisotopic (exact) mass is 358 g/mol. The van der Waals surface area contributed by atoms with Crippen LogP contribution in [-0.4, -0.2) is 45.0 Å². The predicted molar refractivity (Wildman–Crippen MR) is 94.1 cm³/mol. The molecule has 1 aromatic heterocycles. The summed E-state index contributed by atoms with van der Waals surface area (Å²) in [5.74, 6) is 1.35. The lowest BCUT2D eigenvalue weighted by atomic mass is 10.0. The van der Waals surface area contributed by atoms with E-state index in [1.807, 2.05) is 12.1 Å². The molecule has 8 heteroatoms. The number of rotatable bonds is 3. The van der Waals surface area contributed by atoms with Gasteiger partial charge in [-0.2, -0.15) is 5.10 Å². The maximum absolute atomic E-state index is 12.3. The van der Waals surface area contributed by atoms with Crippen LogP contribution in [-0.2, 0) is 31.5 Å². The minimum atomic E-state index is -0.598. The first-order valence-electron chi connectivity index (χ1n) is 8.66. The zero-order valence-corrected chi connectivity index (χ0v) is 15.0. The second-order valence-corrected chi connectivity index (χ2v) is 7.02. The highest BCUT2D eigenvalue weighted by molar-refractivity contribution is 5.27. The molecule has 26 heavy (non-hydrogen) atoms. The average Bonchev–Trinajstić information content (AvgIpc) is 3.03. The predicted octanol–water partition coefficient (Wildman–Crippen LogP) is 0.126. The largest absolute Gasteiger partial charge is 0.497 e. The zero-order valence-electron chi connectivity index (χ0n) is 15.0. The van der Waals surface area contributed by atoms with E-state index in [4.69, 9.17) is 9.47 Å². The van der Waals surface area contributed by atoms with E-state index >= 15 is 0 Å². The maximum atomic E-state index is 12.3. The fraction of sp³-hybridized carbons (Fsp3) is 0.500. The molecule has 3 heterocycles. The van der Waals surface area contributed by atoms with Gasteiger partial charge in [0.15, 0.2) is 5.82 Å². The third kappa shape index (κ3) is 2.95. The van der Waals surface area contributed by atoms with E-state index in [0.29, 0.717) is 12.4 Å². The van der Waals surface area contributed by atoms with Crippen molar-refractivity contribution in [1.29, 1.82) is 0 Å². The third-order valence-electron chi connectivity index (χ3n) is 5.21. The van der Waals surface area contributed by atoms with E-state index in [1.54, 1.807) is 7.11 Å². The van der Waals surface area contributed by atoms with Crippen LogP contribution in [0.15, 0.2) is 33.9 Å². The molecule has 138 valence electrons. The number of benzene rings is 1. The molecule has 2 aliphatic heterocycles. The smallest absolute Gasteiger partial charge is 0.332 e. The van der Waals surface area contributed by atoms with Gasteiger partial charge in [-0.3, -0.25) is 19.1 Å². The maximum Gasteiger partial charge on any atom is 0.332 e. The Hall–Kier alpha value is -2.45. The first-order valence-corrected chi connectivity index (χ1v) is 8.66. The molecule has 0 bridgehead atoms. The summed E-state index contributed by atoms with van der Waals surface area (Å²) >= 11 is 0. The van der Waals surface area contributed by atoms with Crippen molar-refractivity contribution in [3.8, 4) is 5.75 Å². The first-order chi connectivity index (χ1) is 12.5. The van der Waals surface area contributed by atoms with Crippen LogP contribution in [0.3, 0.4) is 0 Å². The van der Waals surface area contributed by atoms with Gasteiger partial charge in [-0.25, -0.2) is 4.68 Å². The molecule has 1 fully saturated rings.